The van der Waals surface area contributed by atoms with E-state index in [2.05, 4.69) is 12.6 Å². The summed E-state index contributed by atoms with van der Waals surface area (Å²) in [5.74, 6) is 0.860. The molecule has 0 spiro atoms. The van der Waals surface area contributed by atoms with Crippen LogP contribution in [-0.4, -0.2) is 19.0 Å². The van der Waals surface area contributed by atoms with Gasteiger partial charge in [-0.25, -0.2) is 0 Å². The molecule has 0 aromatic heterocycles. The molecule has 1 saturated carbocycles. The average Bonchev–Trinajstić information content (AvgIpc) is 2.45. The second-order valence-electron chi connectivity index (χ2n) is 2.36. The van der Waals surface area contributed by atoms with Gasteiger partial charge < -0.3 is 4.74 Å². The van der Waals surface area contributed by atoms with Crippen LogP contribution in [0.4, 0.5) is 0 Å². The molecule has 0 radical (unpaired) electrons. The highest BCUT2D eigenvalue weighted by molar-refractivity contribution is 7.81. The lowest BCUT2D eigenvalue weighted by Gasteiger charge is -2.04. The Morgan fingerprint density at radius 1 is 1.75 bits per heavy atom. The molecule has 0 bridgehead atoms. The molecule has 0 amide bonds. The molecule has 1 atom stereocenters. The van der Waals surface area contributed by atoms with Crippen LogP contribution in [0.5, 0.6) is 0 Å². The number of rotatable bonds is 3. The fraction of sp³-hybridized carbons (Fsp3) is 1.00. The minimum absolute atomic E-state index is 0.500. The molecule has 1 aliphatic carbocycles. The summed E-state index contributed by atoms with van der Waals surface area (Å²) in [5.41, 5.74) is 0. The predicted octanol–water partition coefficient (Wildman–Crippen LogP) is 1.34. The van der Waals surface area contributed by atoms with E-state index >= 15 is 0 Å². The van der Waals surface area contributed by atoms with Gasteiger partial charge in [0.2, 0.25) is 0 Å². The first-order chi connectivity index (χ1) is 3.84. The van der Waals surface area contributed by atoms with Crippen molar-refractivity contribution in [3.63, 3.8) is 0 Å². The Morgan fingerprint density at radius 2 is 2.38 bits per heavy atom. The van der Waals surface area contributed by atoms with Crippen LogP contribution < -0.4 is 0 Å². The highest BCUT2D eigenvalue weighted by Crippen LogP contribution is 2.35. The normalized spacial score (nSPS) is 23.2. The van der Waals surface area contributed by atoms with Gasteiger partial charge in [0, 0.05) is 12.4 Å². The van der Waals surface area contributed by atoms with Gasteiger partial charge in [-0.15, -0.1) is 0 Å². The molecule has 0 aromatic rings. The Hall–Kier alpha value is 0.310. The Kier molecular flexibility index (Phi) is 2.20. The summed E-state index contributed by atoms with van der Waals surface area (Å²) < 4.78 is 4.93. The second kappa shape index (κ2) is 2.74. The fourth-order valence-corrected chi connectivity index (χ4v) is 1.24. The van der Waals surface area contributed by atoms with Gasteiger partial charge >= 0.3 is 0 Å². The molecule has 1 aliphatic rings. The molecule has 1 nitrogen and oxygen atoms in total. The Morgan fingerprint density at radius 3 is 2.75 bits per heavy atom. The molecule has 0 aliphatic heterocycles. The third-order valence-corrected chi connectivity index (χ3v) is 2.07. The van der Waals surface area contributed by atoms with Crippen molar-refractivity contribution in [3.8, 4) is 0 Å². The van der Waals surface area contributed by atoms with Crippen molar-refractivity contribution in [1.82, 2.24) is 0 Å². The molecular weight excluding hydrogens is 120 g/mol. The zero-order chi connectivity index (χ0) is 5.98. The highest BCUT2D eigenvalue weighted by Gasteiger charge is 2.28. The summed E-state index contributed by atoms with van der Waals surface area (Å²) in [6.07, 6.45) is 2.72. The van der Waals surface area contributed by atoms with Gasteiger partial charge in [-0.1, -0.05) is 0 Å². The Bertz CT molecular complexity index is 70.9. The number of thiol groups is 1. The summed E-state index contributed by atoms with van der Waals surface area (Å²) in [4.78, 5) is 0. The third kappa shape index (κ3) is 1.67. The Balaban J connectivity index is 2.03. The van der Waals surface area contributed by atoms with Crippen molar-refractivity contribution in [3.05, 3.63) is 0 Å². The van der Waals surface area contributed by atoms with Crippen LogP contribution in [0.3, 0.4) is 0 Å². The maximum atomic E-state index is 4.93. The summed E-state index contributed by atoms with van der Waals surface area (Å²) in [6.45, 7) is 0.813. The van der Waals surface area contributed by atoms with Crippen molar-refractivity contribution in [2.45, 2.75) is 18.1 Å². The molecule has 0 saturated heterocycles. The van der Waals surface area contributed by atoms with E-state index in [4.69, 9.17) is 4.74 Å². The number of ether oxygens (including phenoxy) is 1. The van der Waals surface area contributed by atoms with Crippen molar-refractivity contribution >= 4 is 12.6 Å². The van der Waals surface area contributed by atoms with Gasteiger partial charge in [0.15, 0.2) is 0 Å². The van der Waals surface area contributed by atoms with Crippen LogP contribution in [-0.2, 0) is 4.74 Å². The lowest BCUT2D eigenvalue weighted by molar-refractivity contribution is 0.195. The quantitative estimate of drug-likeness (QED) is 0.570. The SMILES string of the molecule is COCC(S)C1CC1. The predicted molar refractivity (Wildman–Crippen MR) is 37.4 cm³/mol. The zero-order valence-corrected chi connectivity index (χ0v) is 6.03. The minimum Gasteiger partial charge on any atom is -0.384 e. The molecule has 48 valence electrons. The minimum atomic E-state index is 0.500. The summed E-state index contributed by atoms with van der Waals surface area (Å²) in [7, 11) is 1.73. The van der Waals surface area contributed by atoms with Crippen LogP contribution >= 0.6 is 12.6 Å². The highest BCUT2D eigenvalue weighted by atomic mass is 32.1. The van der Waals surface area contributed by atoms with Crippen molar-refractivity contribution in [2.24, 2.45) is 5.92 Å². The molecular formula is C6H12OS. The third-order valence-electron chi connectivity index (χ3n) is 1.50. The largest absolute Gasteiger partial charge is 0.384 e. The van der Waals surface area contributed by atoms with E-state index in [1.54, 1.807) is 7.11 Å². The summed E-state index contributed by atoms with van der Waals surface area (Å²) in [6, 6.07) is 0. The van der Waals surface area contributed by atoms with Gasteiger partial charge in [-0.05, 0) is 18.8 Å². The van der Waals surface area contributed by atoms with Crippen LogP contribution in [0.25, 0.3) is 0 Å². The molecule has 0 heterocycles. The first-order valence-electron chi connectivity index (χ1n) is 3.01. The van der Waals surface area contributed by atoms with Gasteiger partial charge in [0.1, 0.15) is 0 Å². The molecule has 8 heavy (non-hydrogen) atoms. The number of hydrogen-bond donors (Lipinski definition) is 1. The smallest absolute Gasteiger partial charge is 0.0581 e. The first kappa shape index (κ1) is 6.43. The topological polar surface area (TPSA) is 9.23 Å². The lowest BCUT2D eigenvalue weighted by atomic mass is 10.3. The van der Waals surface area contributed by atoms with Crippen LogP contribution in [0.15, 0.2) is 0 Å². The average molecular weight is 132 g/mol. The summed E-state index contributed by atoms with van der Waals surface area (Å²) >= 11 is 4.34. The molecule has 0 N–H and O–H groups in total. The maximum Gasteiger partial charge on any atom is 0.0581 e. The van der Waals surface area contributed by atoms with Gasteiger partial charge in [-0.3, -0.25) is 0 Å². The molecule has 2 heteroatoms. The molecule has 1 unspecified atom stereocenters. The van der Waals surface area contributed by atoms with E-state index in [9.17, 15) is 0 Å². The maximum absolute atomic E-state index is 4.93. The second-order valence-corrected chi connectivity index (χ2v) is 3.02. The van der Waals surface area contributed by atoms with Crippen LogP contribution in [0, 0.1) is 5.92 Å². The van der Waals surface area contributed by atoms with Crippen LogP contribution in [0.2, 0.25) is 0 Å². The van der Waals surface area contributed by atoms with Crippen molar-refractivity contribution < 1.29 is 4.74 Å². The number of methoxy groups -OCH3 is 1. The van der Waals surface area contributed by atoms with E-state index in [0.29, 0.717) is 5.25 Å². The summed E-state index contributed by atoms with van der Waals surface area (Å²) in [5, 5.41) is 0.500. The van der Waals surface area contributed by atoms with Crippen molar-refractivity contribution in [1.29, 1.82) is 0 Å². The van der Waals surface area contributed by atoms with Gasteiger partial charge in [-0.2, -0.15) is 12.6 Å². The zero-order valence-electron chi connectivity index (χ0n) is 5.13. The fourth-order valence-electron chi connectivity index (χ4n) is 0.788. The number of hydrogen-bond acceptors (Lipinski definition) is 2. The van der Waals surface area contributed by atoms with Crippen molar-refractivity contribution in [2.75, 3.05) is 13.7 Å². The van der Waals surface area contributed by atoms with Gasteiger partial charge in [0.25, 0.3) is 0 Å². The standard InChI is InChI=1S/C6H12OS/c1-7-4-6(8)5-2-3-5/h5-6,8H,2-4H2,1H3. The molecule has 0 aromatic carbocycles. The van der Waals surface area contributed by atoms with E-state index < -0.39 is 0 Å². The monoisotopic (exact) mass is 132 g/mol. The lowest BCUT2D eigenvalue weighted by Crippen LogP contribution is -2.08. The van der Waals surface area contributed by atoms with Crippen LogP contribution in [0.1, 0.15) is 12.8 Å². The van der Waals surface area contributed by atoms with E-state index in [0.717, 1.165) is 12.5 Å². The Labute approximate surface area is 55.8 Å². The molecule has 1 fully saturated rings. The van der Waals surface area contributed by atoms with E-state index in [1.807, 2.05) is 0 Å². The van der Waals surface area contributed by atoms with E-state index in [1.165, 1.54) is 12.8 Å². The van der Waals surface area contributed by atoms with Gasteiger partial charge in [0.05, 0.1) is 6.61 Å². The van der Waals surface area contributed by atoms with E-state index in [-0.39, 0.29) is 0 Å². The molecule has 1 rings (SSSR count). The first-order valence-corrected chi connectivity index (χ1v) is 3.53.